The minimum Gasteiger partial charge on any atom is -0.461 e. The number of ether oxygens (including phenoxy) is 2. The minimum absolute atomic E-state index is 0.0301. The molecule has 0 fully saturated rings. The van der Waals surface area contributed by atoms with Gasteiger partial charge in [0.1, 0.15) is 12.4 Å². The molecule has 0 spiro atoms. The van der Waals surface area contributed by atoms with Crippen LogP contribution in [0.15, 0.2) is 59.1 Å². The van der Waals surface area contributed by atoms with Gasteiger partial charge >= 0.3 is 12.1 Å². The van der Waals surface area contributed by atoms with Crippen LogP contribution in [-0.2, 0) is 31.2 Å². The van der Waals surface area contributed by atoms with Crippen molar-refractivity contribution in [2.75, 3.05) is 0 Å². The van der Waals surface area contributed by atoms with E-state index in [0.29, 0.717) is 5.56 Å². The quantitative estimate of drug-likeness (QED) is 0.585. The van der Waals surface area contributed by atoms with Gasteiger partial charge in [-0.25, -0.2) is 9.59 Å². The lowest BCUT2D eigenvalue weighted by Gasteiger charge is -2.32. The molecule has 0 radical (unpaired) electrons. The second-order valence-corrected chi connectivity index (χ2v) is 7.85. The van der Waals surface area contributed by atoms with E-state index in [-0.39, 0.29) is 18.8 Å². The molecule has 1 amide bonds. The van der Waals surface area contributed by atoms with E-state index >= 15 is 0 Å². The second kappa shape index (κ2) is 10.2. The first-order valence-electron chi connectivity index (χ1n) is 9.18. The Morgan fingerprint density at radius 1 is 1.03 bits per heavy atom. The van der Waals surface area contributed by atoms with E-state index < -0.39 is 23.7 Å². The molecule has 2 rings (SSSR count). The average Bonchev–Trinajstić information content (AvgIpc) is 2.66. The van der Waals surface area contributed by atoms with Crippen molar-refractivity contribution in [2.24, 2.45) is 0 Å². The molecule has 0 bridgehead atoms. The van der Waals surface area contributed by atoms with Gasteiger partial charge in [0.15, 0.2) is 5.54 Å². The Balaban J connectivity index is 2.35. The van der Waals surface area contributed by atoms with Gasteiger partial charge < -0.3 is 14.8 Å². The van der Waals surface area contributed by atoms with Crippen LogP contribution >= 0.6 is 15.9 Å². The maximum Gasteiger partial charge on any atom is 0.408 e. The molecule has 0 aromatic heterocycles. The number of rotatable bonds is 8. The minimum atomic E-state index is -1.69. The number of carbonyl (C=O) groups excluding carboxylic acids is 3. The van der Waals surface area contributed by atoms with Crippen LogP contribution in [0.3, 0.4) is 0 Å². The van der Waals surface area contributed by atoms with Crippen molar-refractivity contribution in [1.82, 2.24) is 5.32 Å². The van der Waals surface area contributed by atoms with Crippen LogP contribution < -0.4 is 5.32 Å². The van der Waals surface area contributed by atoms with Crippen molar-refractivity contribution >= 4 is 33.8 Å². The highest BCUT2D eigenvalue weighted by atomic mass is 79.9. The molecule has 0 unspecified atom stereocenters. The summed E-state index contributed by atoms with van der Waals surface area (Å²) in [6.45, 7) is 4.78. The number of hydrogen-bond donors (Lipinski definition) is 1. The molecular formula is C22H24BrNO5. The number of halogens is 1. The molecule has 0 aliphatic carbocycles. The van der Waals surface area contributed by atoms with Crippen molar-refractivity contribution in [3.05, 3.63) is 70.2 Å². The fourth-order valence-electron chi connectivity index (χ4n) is 2.82. The number of esters is 1. The summed E-state index contributed by atoms with van der Waals surface area (Å²) in [5.74, 6) is -1.00. The number of nitrogens with one attached hydrogen (secondary N) is 1. The van der Waals surface area contributed by atoms with Gasteiger partial charge in [0.25, 0.3) is 0 Å². The normalized spacial score (nSPS) is 12.7. The molecule has 2 aromatic rings. The van der Waals surface area contributed by atoms with Gasteiger partial charge in [-0.2, -0.15) is 0 Å². The molecule has 1 N–H and O–H groups in total. The first-order valence-corrected chi connectivity index (χ1v) is 9.97. The van der Waals surface area contributed by atoms with E-state index in [1.807, 2.05) is 30.3 Å². The molecule has 0 saturated heterocycles. The van der Waals surface area contributed by atoms with Gasteiger partial charge in [-0.3, -0.25) is 4.79 Å². The number of amides is 1. The number of ketones is 1. The van der Waals surface area contributed by atoms with E-state index in [1.165, 1.54) is 6.92 Å². The smallest absolute Gasteiger partial charge is 0.408 e. The van der Waals surface area contributed by atoms with E-state index in [2.05, 4.69) is 21.2 Å². The Labute approximate surface area is 178 Å². The molecule has 0 heterocycles. The molecule has 0 aliphatic heterocycles. The molecule has 154 valence electrons. The highest BCUT2D eigenvalue weighted by Crippen LogP contribution is 2.30. The number of Topliss-reactive ketones (excluding diaryl/α,β-unsaturated/α-hetero) is 1. The Bertz CT molecular complexity index is 851. The fraction of sp³-hybridized carbons (Fsp3) is 0.318. The van der Waals surface area contributed by atoms with Crippen LogP contribution in [0.4, 0.5) is 4.79 Å². The van der Waals surface area contributed by atoms with Crippen molar-refractivity contribution < 1.29 is 23.9 Å². The zero-order valence-electron chi connectivity index (χ0n) is 16.6. The third kappa shape index (κ3) is 6.42. The molecule has 0 aliphatic rings. The monoisotopic (exact) mass is 461 g/mol. The van der Waals surface area contributed by atoms with Crippen LogP contribution in [-0.4, -0.2) is 23.9 Å². The lowest BCUT2D eigenvalue weighted by molar-refractivity contribution is -0.157. The maximum atomic E-state index is 13.0. The third-order valence-corrected chi connectivity index (χ3v) is 4.60. The van der Waals surface area contributed by atoms with Gasteiger partial charge in [0, 0.05) is 10.9 Å². The molecule has 6 nitrogen and oxygen atoms in total. The zero-order chi connectivity index (χ0) is 21.4. The Kier molecular flexibility index (Phi) is 7.96. The molecule has 0 saturated carbocycles. The predicted molar refractivity (Wildman–Crippen MR) is 112 cm³/mol. The molecular weight excluding hydrogens is 438 g/mol. The standard InChI is InChI=1S/C22H24BrNO5/c1-15(2)29-20(26)22(13-16(3)25,18-9-11-19(23)12-10-18)24-21(27)28-14-17-7-5-4-6-8-17/h4-12,15H,13-14H2,1-3H3,(H,24,27)/t22-/m1/s1. The first kappa shape index (κ1) is 22.6. The number of hydrogen-bond acceptors (Lipinski definition) is 5. The number of alkyl carbamates (subject to hydrolysis) is 1. The second-order valence-electron chi connectivity index (χ2n) is 6.93. The summed E-state index contributed by atoms with van der Waals surface area (Å²) in [6.07, 6.45) is -1.51. The van der Waals surface area contributed by atoms with Crippen molar-refractivity contribution in [3.63, 3.8) is 0 Å². The maximum absolute atomic E-state index is 13.0. The largest absolute Gasteiger partial charge is 0.461 e. The van der Waals surface area contributed by atoms with Crippen LogP contribution in [0.5, 0.6) is 0 Å². The van der Waals surface area contributed by atoms with E-state index in [0.717, 1.165) is 10.0 Å². The van der Waals surface area contributed by atoms with Crippen molar-refractivity contribution in [3.8, 4) is 0 Å². The van der Waals surface area contributed by atoms with Gasteiger partial charge in [-0.15, -0.1) is 0 Å². The Morgan fingerprint density at radius 3 is 2.21 bits per heavy atom. The van der Waals surface area contributed by atoms with Crippen molar-refractivity contribution in [2.45, 2.75) is 45.4 Å². The van der Waals surface area contributed by atoms with E-state index in [4.69, 9.17) is 9.47 Å². The fourth-order valence-corrected chi connectivity index (χ4v) is 3.08. The van der Waals surface area contributed by atoms with Crippen molar-refractivity contribution in [1.29, 1.82) is 0 Å². The summed E-state index contributed by atoms with van der Waals surface area (Å²) in [4.78, 5) is 37.7. The summed E-state index contributed by atoms with van der Waals surface area (Å²) in [5, 5.41) is 2.60. The highest BCUT2D eigenvalue weighted by molar-refractivity contribution is 9.10. The predicted octanol–water partition coefficient (Wildman–Crippen LogP) is 4.50. The van der Waals surface area contributed by atoms with Crippen LogP contribution in [0.25, 0.3) is 0 Å². The van der Waals surface area contributed by atoms with Crippen LogP contribution in [0.1, 0.15) is 38.3 Å². The summed E-state index contributed by atoms with van der Waals surface area (Å²) in [5.41, 5.74) is -0.462. The van der Waals surface area contributed by atoms with Crippen LogP contribution in [0, 0.1) is 0 Å². The lowest BCUT2D eigenvalue weighted by Crippen LogP contribution is -2.54. The molecule has 1 atom stereocenters. The van der Waals surface area contributed by atoms with Gasteiger partial charge in [0.05, 0.1) is 6.10 Å². The third-order valence-electron chi connectivity index (χ3n) is 4.07. The first-order chi connectivity index (χ1) is 13.7. The average molecular weight is 462 g/mol. The van der Waals surface area contributed by atoms with E-state index in [1.54, 1.807) is 38.1 Å². The van der Waals surface area contributed by atoms with Gasteiger partial charge in [-0.1, -0.05) is 58.4 Å². The summed E-state index contributed by atoms with van der Waals surface area (Å²) in [6, 6.07) is 15.9. The van der Waals surface area contributed by atoms with Crippen LogP contribution in [0.2, 0.25) is 0 Å². The molecule has 2 aromatic carbocycles. The molecule has 7 heteroatoms. The van der Waals surface area contributed by atoms with Gasteiger partial charge in [0.2, 0.25) is 0 Å². The summed E-state index contributed by atoms with van der Waals surface area (Å²) >= 11 is 3.35. The SMILES string of the molecule is CC(=O)C[C@](NC(=O)OCc1ccccc1)(C(=O)OC(C)C)c1ccc(Br)cc1. The number of carbonyl (C=O) groups is 3. The zero-order valence-corrected chi connectivity index (χ0v) is 18.2. The molecule has 29 heavy (non-hydrogen) atoms. The highest BCUT2D eigenvalue weighted by Gasteiger charge is 2.45. The van der Waals surface area contributed by atoms with E-state index in [9.17, 15) is 14.4 Å². The Morgan fingerprint density at radius 2 is 1.66 bits per heavy atom. The topological polar surface area (TPSA) is 81.7 Å². The number of benzene rings is 2. The Hall–Kier alpha value is -2.67. The summed E-state index contributed by atoms with van der Waals surface area (Å²) in [7, 11) is 0. The lowest BCUT2D eigenvalue weighted by atomic mass is 9.85. The van der Waals surface area contributed by atoms with Gasteiger partial charge in [-0.05, 0) is 44.0 Å². The summed E-state index contributed by atoms with van der Waals surface area (Å²) < 4.78 is 11.5.